The van der Waals surface area contributed by atoms with Gasteiger partial charge in [0, 0.05) is 6.54 Å². The van der Waals surface area contributed by atoms with Gasteiger partial charge in [-0.1, -0.05) is 69.4 Å². The lowest BCUT2D eigenvalue weighted by Gasteiger charge is -2.27. The minimum absolute atomic E-state index is 0.224. The maximum Gasteiger partial charge on any atom is 0.325 e. The van der Waals surface area contributed by atoms with Crippen molar-refractivity contribution in [3.05, 3.63) is 35.9 Å². The van der Waals surface area contributed by atoms with E-state index in [0.29, 0.717) is 18.9 Å². The summed E-state index contributed by atoms with van der Waals surface area (Å²) in [6, 6.07) is 8.84. The Balaban J connectivity index is 1.67. The van der Waals surface area contributed by atoms with Crippen molar-refractivity contribution in [2.75, 3.05) is 13.1 Å². The van der Waals surface area contributed by atoms with Crippen LogP contribution in [0.3, 0.4) is 0 Å². The number of nitrogens with one attached hydrogen (secondary N) is 2. The van der Waals surface area contributed by atoms with Gasteiger partial charge >= 0.3 is 6.03 Å². The number of rotatable bonds is 8. The molecule has 1 aromatic carbocycles. The first-order valence-corrected chi connectivity index (χ1v) is 10.5. The van der Waals surface area contributed by atoms with Crippen LogP contribution in [0.2, 0.25) is 0 Å². The van der Waals surface area contributed by atoms with E-state index in [9.17, 15) is 14.4 Å². The molecule has 152 valence electrons. The van der Waals surface area contributed by atoms with Crippen LogP contribution in [0.25, 0.3) is 0 Å². The van der Waals surface area contributed by atoms with Crippen LogP contribution in [0, 0.1) is 5.92 Å². The Kier molecular flexibility index (Phi) is 6.70. The van der Waals surface area contributed by atoms with Crippen LogP contribution in [0.5, 0.6) is 0 Å². The molecule has 1 unspecified atom stereocenters. The summed E-state index contributed by atoms with van der Waals surface area (Å²) in [5.41, 5.74) is -0.301. The van der Waals surface area contributed by atoms with E-state index in [-0.39, 0.29) is 18.4 Å². The van der Waals surface area contributed by atoms with Crippen molar-refractivity contribution < 1.29 is 14.4 Å². The van der Waals surface area contributed by atoms with Gasteiger partial charge in [-0.05, 0) is 30.7 Å². The average molecular weight is 386 g/mol. The predicted molar refractivity (Wildman–Crippen MR) is 107 cm³/mol. The summed E-state index contributed by atoms with van der Waals surface area (Å²) in [6.07, 6.45) is 8.22. The van der Waals surface area contributed by atoms with Crippen molar-refractivity contribution >= 4 is 17.8 Å². The molecule has 0 spiro atoms. The number of carbonyl (C=O) groups excluding carboxylic acids is 3. The lowest BCUT2D eigenvalue weighted by Crippen LogP contribution is -2.45. The third kappa shape index (κ3) is 4.37. The number of urea groups is 1. The highest BCUT2D eigenvalue weighted by atomic mass is 16.2. The number of nitrogens with zero attached hydrogens (tertiary/aromatic N) is 1. The van der Waals surface area contributed by atoms with Gasteiger partial charge < -0.3 is 10.6 Å². The molecule has 0 radical (unpaired) electrons. The van der Waals surface area contributed by atoms with E-state index in [2.05, 4.69) is 17.6 Å². The van der Waals surface area contributed by atoms with E-state index in [0.717, 1.165) is 36.1 Å². The number of unbranched alkanes of at least 4 members (excludes halogenated alkanes) is 1. The molecule has 1 saturated carbocycles. The number of imide groups is 1. The monoisotopic (exact) mass is 385 g/mol. The molecule has 1 aromatic rings. The second kappa shape index (κ2) is 9.22. The fourth-order valence-corrected chi connectivity index (χ4v) is 4.29. The maximum atomic E-state index is 13.2. The molecule has 0 aromatic heterocycles. The van der Waals surface area contributed by atoms with E-state index in [1.807, 2.05) is 30.3 Å². The summed E-state index contributed by atoms with van der Waals surface area (Å²) in [4.78, 5) is 39.3. The first-order valence-electron chi connectivity index (χ1n) is 10.5. The maximum absolute atomic E-state index is 13.2. The lowest BCUT2D eigenvalue weighted by molar-refractivity contribution is -0.135. The molecule has 1 atom stereocenters. The van der Waals surface area contributed by atoms with E-state index in [4.69, 9.17) is 0 Å². The minimum atomic E-state index is -1.07. The molecule has 2 aliphatic rings. The average Bonchev–Trinajstić information content (AvgIpc) is 2.97. The summed E-state index contributed by atoms with van der Waals surface area (Å²) in [7, 11) is 0. The van der Waals surface area contributed by atoms with Crippen molar-refractivity contribution in [2.45, 2.75) is 63.8 Å². The van der Waals surface area contributed by atoms with Crippen molar-refractivity contribution in [2.24, 2.45) is 5.92 Å². The van der Waals surface area contributed by atoms with Gasteiger partial charge in [0.2, 0.25) is 5.91 Å². The normalized spacial score (nSPS) is 23.0. The fraction of sp³-hybridized carbons (Fsp3) is 0.591. The predicted octanol–water partition coefficient (Wildman–Crippen LogP) is 3.32. The summed E-state index contributed by atoms with van der Waals surface area (Å²) in [5.74, 6) is -0.0906. The number of amides is 4. The molecule has 28 heavy (non-hydrogen) atoms. The number of hydrogen-bond donors (Lipinski definition) is 2. The van der Waals surface area contributed by atoms with Gasteiger partial charge in [-0.25, -0.2) is 4.79 Å². The second-order valence-electron chi connectivity index (χ2n) is 8.00. The highest BCUT2D eigenvalue weighted by Crippen LogP contribution is 2.34. The quantitative estimate of drug-likeness (QED) is 0.674. The summed E-state index contributed by atoms with van der Waals surface area (Å²) < 4.78 is 0. The zero-order valence-electron chi connectivity index (χ0n) is 16.7. The molecule has 6 heteroatoms. The third-order valence-electron chi connectivity index (χ3n) is 5.96. The first-order chi connectivity index (χ1) is 13.6. The highest BCUT2D eigenvalue weighted by molar-refractivity contribution is 6.09. The van der Waals surface area contributed by atoms with Crippen molar-refractivity contribution in [3.8, 4) is 0 Å². The van der Waals surface area contributed by atoms with Gasteiger partial charge in [0.1, 0.15) is 12.1 Å². The molecule has 1 aliphatic carbocycles. The van der Waals surface area contributed by atoms with Crippen LogP contribution in [-0.2, 0) is 15.1 Å². The highest BCUT2D eigenvalue weighted by Gasteiger charge is 2.52. The van der Waals surface area contributed by atoms with E-state index >= 15 is 0 Å². The number of carbonyl (C=O) groups is 3. The molecule has 4 amide bonds. The van der Waals surface area contributed by atoms with E-state index < -0.39 is 11.6 Å². The number of hydrogen-bond acceptors (Lipinski definition) is 3. The Morgan fingerprint density at radius 3 is 2.57 bits per heavy atom. The number of benzene rings is 1. The molecule has 1 aliphatic heterocycles. The van der Waals surface area contributed by atoms with Crippen LogP contribution in [0.4, 0.5) is 4.79 Å². The molecule has 2 fully saturated rings. The van der Waals surface area contributed by atoms with Crippen molar-refractivity contribution in [3.63, 3.8) is 0 Å². The first kappa shape index (κ1) is 20.4. The summed E-state index contributed by atoms with van der Waals surface area (Å²) >= 11 is 0. The minimum Gasteiger partial charge on any atom is -0.354 e. The lowest BCUT2D eigenvalue weighted by atomic mass is 9.85. The molecule has 6 nitrogen and oxygen atoms in total. The zero-order valence-corrected chi connectivity index (χ0v) is 16.7. The van der Waals surface area contributed by atoms with Crippen LogP contribution in [0.15, 0.2) is 30.3 Å². The van der Waals surface area contributed by atoms with Gasteiger partial charge in [-0.3, -0.25) is 14.5 Å². The van der Waals surface area contributed by atoms with Crippen molar-refractivity contribution in [1.29, 1.82) is 0 Å². The summed E-state index contributed by atoms with van der Waals surface area (Å²) in [5, 5.41) is 5.80. The van der Waals surface area contributed by atoms with Gasteiger partial charge in [-0.15, -0.1) is 0 Å². The molecule has 1 saturated heterocycles. The zero-order chi connectivity index (χ0) is 20.0. The van der Waals surface area contributed by atoms with Crippen molar-refractivity contribution in [1.82, 2.24) is 15.5 Å². The third-order valence-corrected chi connectivity index (χ3v) is 5.96. The Bertz CT molecular complexity index is 700. The summed E-state index contributed by atoms with van der Waals surface area (Å²) in [6.45, 7) is 2.46. The standard InChI is InChI=1S/C22H31N3O3/c1-2-3-14-22(18-12-8-5-9-13-18)20(27)25(21(28)24-22)16-19(26)23-15-17-10-6-4-7-11-17/h5,8-9,12-13,17H,2-4,6-7,10-11,14-16H2,1H3,(H,23,26)(H,24,28). The Morgan fingerprint density at radius 1 is 1.18 bits per heavy atom. The largest absolute Gasteiger partial charge is 0.354 e. The molecule has 1 heterocycles. The van der Waals surface area contributed by atoms with Crippen LogP contribution >= 0.6 is 0 Å². The fourth-order valence-electron chi connectivity index (χ4n) is 4.29. The molecule has 2 N–H and O–H groups in total. The smallest absolute Gasteiger partial charge is 0.325 e. The Labute approximate surface area is 167 Å². The molecule has 0 bridgehead atoms. The second-order valence-corrected chi connectivity index (χ2v) is 8.00. The van der Waals surface area contributed by atoms with Gasteiger partial charge in [0.05, 0.1) is 0 Å². The van der Waals surface area contributed by atoms with Crippen LogP contribution in [0.1, 0.15) is 63.9 Å². The van der Waals surface area contributed by atoms with E-state index in [1.54, 1.807) is 0 Å². The molecular weight excluding hydrogens is 354 g/mol. The topological polar surface area (TPSA) is 78.5 Å². The van der Waals surface area contributed by atoms with Gasteiger partial charge in [0.15, 0.2) is 0 Å². The van der Waals surface area contributed by atoms with Crippen LogP contribution in [-0.4, -0.2) is 35.8 Å². The van der Waals surface area contributed by atoms with Gasteiger partial charge in [0.25, 0.3) is 5.91 Å². The Morgan fingerprint density at radius 2 is 1.89 bits per heavy atom. The molecule has 3 rings (SSSR count). The van der Waals surface area contributed by atoms with E-state index in [1.165, 1.54) is 19.3 Å². The molecular formula is C22H31N3O3. The SMILES string of the molecule is CCCCC1(c2ccccc2)NC(=O)N(CC(=O)NCC2CCCCC2)C1=O. The van der Waals surface area contributed by atoms with Gasteiger partial charge in [-0.2, -0.15) is 0 Å². The Hall–Kier alpha value is -2.37. The van der Waals surface area contributed by atoms with Crippen LogP contribution < -0.4 is 10.6 Å².